The zero-order valence-corrected chi connectivity index (χ0v) is 11.0. The van der Waals surface area contributed by atoms with Crippen LogP contribution in [0.25, 0.3) is 0 Å². The van der Waals surface area contributed by atoms with Crippen LogP contribution in [0.3, 0.4) is 0 Å². The quantitative estimate of drug-likeness (QED) is 0.811. The molecule has 1 saturated heterocycles. The van der Waals surface area contributed by atoms with E-state index in [1.807, 2.05) is 0 Å². The Balaban J connectivity index is 2.49. The average Bonchev–Trinajstić information content (AvgIpc) is 2.82. The Morgan fingerprint density at radius 2 is 1.89 bits per heavy atom. The van der Waals surface area contributed by atoms with E-state index in [2.05, 4.69) is 0 Å². The van der Waals surface area contributed by atoms with Crippen molar-refractivity contribution in [3.8, 4) is 0 Å². The maximum Gasteiger partial charge on any atom is 0.244 e. The normalized spacial score (nSPS) is 16.9. The topological polar surface area (TPSA) is 77.5 Å². The molecule has 1 aliphatic rings. The lowest BCUT2D eigenvalue weighted by Gasteiger charge is -2.17. The standard InChI is InChI=1S/C11H12ClNO4S/c12-9-4-3-8(11(14)15)7-10(9)18(16,17)13-5-1-2-6-13/h3-4,7H,1-2,5-6H2,(H,14,15)/p-1. The lowest BCUT2D eigenvalue weighted by Crippen LogP contribution is -2.29. The molecule has 0 amide bonds. The van der Waals surface area contributed by atoms with Crippen molar-refractivity contribution in [2.75, 3.05) is 13.1 Å². The summed E-state index contributed by atoms with van der Waals surface area (Å²) in [4.78, 5) is 10.6. The molecule has 0 aromatic heterocycles. The maximum absolute atomic E-state index is 12.3. The fourth-order valence-corrected chi connectivity index (χ4v) is 3.91. The van der Waals surface area contributed by atoms with E-state index < -0.39 is 16.0 Å². The Labute approximate surface area is 110 Å². The van der Waals surface area contributed by atoms with Crippen molar-refractivity contribution in [1.29, 1.82) is 0 Å². The molecular weight excluding hydrogens is 278 g/mol. The van der Waals surface area contributed by atoms with E-state index in [1.54, 1.807) is 0 Å². The first-order valence-corrected chi connectivity index (χ1v) is 7.26. The lowest BCUT2D eigenvalue weighted by molar-refractivity contribution is -0.255. The summed E-state index contributed by atoms with van der Waals surface area (Å²) in [6.07, 6.45) is 1.61. The number of rotatable bonds is 3. The minimum Gasteiger partial charge on any atom is -0.545 e. The largest absolute Gasteiger partial charge is 0.545 e. The number of carbonyl (C=O) groups is 1. The van der Waals surface area contributed by atoms with Crippen LogP contribution in [0.4, 0.5) is 0 Å². The van der Waals surface area contributed by atoms with Crippen molar-refractivity contribution in [1.82, 2.24) is 4.31 Å². The summed E-state index contributed by atoms with van der Waals surface area (Å²) < 4.78 is 25.8. The monoisotopic (exact) mass is 288 g/mol. The van der Waals surface area contributed by atoms with Gasteiger partial charge in [-0.3, -0.25) is 0 Å². The van der Waals surface area contributed by atoms with Gasteiger partial charge in [0.25, 0.3) is 0 Å². The first kappa shape index (κ1) is 13.3. The Bertz CT molecular complexity index is 579. The predicted molar refractivity (Wildman–Crippen MR) is 63.8 cm³/mol. The third kappa shape index (κ3) is 2.36. The van der Waals surface area contributed by atoms with Crippen molar-refractivity contribution in [2.24, 2.45) is 0 Å². The highest BCUT2D eigenvalue weighted by atomic mass is 35.5. The summed E-state index contributed by atoms with van der Waals surface area (Å²) in [6, 6.07) is 3.53. The maximum atomic E-state index is 12.3. The van der Waals surface area contributed by atoms with Gasteiger partial charge in [0.15, 0.2) is 0 Å². The van der Waals surface area contributed by atoms with Crippen LogP contribution >= 0.6 is 11.6 Å². The van der Waals surface area contributed by atoms with E-state index in [9.17, 15) is 18.3 Å². The molecule has 7 heteroatoms. The number of hydrogen-bond donors (Lipinski definition) is 0. The Hall–Kier alpha value is -1.11. The Kier molecular flexibility index (Phi) is 3.61. The number of hydrogen-bond acceptors (Lipinski definition) is 4. The van der Waals surface area contributed by atoms with Crippen LogP contribution in [0.2, 0.25) is 5.02 Å². The molecule has 0 atom stereocenters. The van der Waals surface area contributed by atoms with E-state index >= 15 is 0 Å². The molecule has 0 unspecified atom stereocenters. The Morgan fingerprint density at radius 3 is 2.44 bits per heavy atom. The summed E-state index contributed by atoms with van der Waals surface area (Å²) in [5.74, 6) is -1.43. The van der Waals surface area contributed by atoms with Crippen LogP contribution in [-0.4, -0.2) is 31.8 Å². The molecule has 1 aromatic carbocycles. The number of nitrogens with zero attached hydrogens (tertiary/aromatic N) is 1. The van der Waals surface area contributed by atoms with Crippen molar-refractivity contribution >= 4 is 27.6 Å². The molecule has 1 heterocycles. The molecule has 0 aliphatic carbocycles. The summed E-state index contributed by atoms with van der Waals surface area (Å²) >= 11 is 5.84. The summed E-state index contributed by atoms with van der Waals surface area (Å²) in [5.41, 5.74) is -0.197. The molecule has 0 bridgehead atoms. The highest BCUT2D eigenvalue weighted by molar-refractivity contribution is 7.89. The smallest absolute Gasteiger partial charge is 0.244 e. The van der Waals surface area contributed by atoms with Crippen LogP contribution in [0.15, 0.2) is 23.1 Å². The molecule has 1 fully saturated rings. The van der Waals surface area contributed by atoms with Gasteiger partial charge in [-0.1, -0.05) is 17.7 Å². The van der Waals surface area contributed by atoms with E-state index in [0.717, 1.165) is 18.9 Å². The third-order valence-corrected chi connectivity index (χ3v) is 5.23. The SMILES string of the molecule is O=C([O-])c1ccc(Cl)c(S(=O)(=O)N2CCCC2)c1. The number of carboxylic acids is 1. The summed E-state index contributed by atoms with van der Waals surface area (Å²) in [7, 11) is -3.72. The van der Waals surface area contributed by atoms with Crippen LogP contribution in [-0.2, 0) is 10.0 Å². The van der Waals surface area contributed by atoms with Gasteiger partial charge in [0.2, 0.25) is 10.0 Å². The van der Waals surface area contributed by atoms with Gasteiger partial charge in [0.1, 0.15) is 4.90 Å². The molecule has 0 N–H and O–H groups in total. The van der Waals surface area contributed by atoms with Gasteiger partial charge in [-0.05, 0) is 30.5 Å². The van der Waals surface area contributed by atoms with Gasteiger partial charge in [-0.15, -0.1) is 0 Å². The molecule has 98 valence electrons. The molecular formula is C11H11ClNO4S-. The van der Waals surface area contributed by atoms with Gasteiger partial charge < -0.3 is 9.90 Å². The van der Waals surface area contributed by atoms with Gasteiger partial charge in [-0.25, -0.2) is 8.42 Å². The molecule has 0 radical (unpaired) electrons. The van der Waals surface area contributed by atoms with Crippen LogP contribution < -0.4 is 5.11 Å². The van der Waals surface area contributed by atoms with Crippen molar-refractivity contribution in [2.45, 2.75) is 17.7 Å². The fraction of sp³-hybridized carbons (Fsp3) is 0.364. The molecule has 0 spiro atoms. The predicted octanol–water partition coefficient (Wildman–Crippen LogP) is 0.488. The zero-order chi connectivity index (χ0) is 13.3. The fourth-order valence-electron chi connectivity index (χ4n) is 1.90. The number of halogens is 1. The summed E-state index contributed by atoms with van der Waals surface area (Å²) in [6.45, 7) is 0.877. The summed E-state index contributed by atoms with van der Waals surface area (Å²) in [5, 5.41) is 10.8. The van der Waals surface area contributed by atoms with Crippen molar-refractivity contribution in [3.63, 3.8) is 0 Å². The number of sulfonamides is 1. The second kappa shape index (κ2) is 4.87. The van der Waals surface area contributed by atoms with E-state index in [1.165, 1.54) is 16.4 Å². The zero-order valence-electron chi connectivity index (χ0n) is 9.43. The number of carbonyl (C=O) groups excluding carboxylic acids is 1. The highest BCUT2D eigenvalue weighted by Gasteiger charge is 2.29. The van der Waals surface area contributed by atoms with Gasteiger partial charge in [0, 0.05) is 13.1 Å². The lowest BCUT2D eigenvalue weighted by atomic mass is 10.2. The molecule has 0 saturated carbocycles. The first-order chi connectivity index (χ1) is 8.43. The van der Waals surface area contributed by atoms with E-state index in [0.29, 0.717) is 13.1 Å². The van der Waals surface area contributed by atoms with Gasteiger partial charge in [-0.2, -0.15) is 4.31 Å². The minimum absolute atomic E-state index is 0.0203. The number of carboxylic acid groups (broad SMARTS) is 1. The Morgan fingerprint density at radius 1 is 1.28 bits per heavy atom. The van der Waals surface area contributed by atoms with Crippen LogP contribution in [0.1, 0.15) is 23.2 Å². The molecule has 2 rings (SSSR count). The number of aromatic carboxylic acids is 1. The first-order valence-electron chi connectivity index (χ1n) is 5.44. The van der Waals surface area contributed by atoms with Crippen LogP contribution in [0, 0.1) is 0 Å². The number of benzene rings is 1. The average molecular weight is 289 g/mol. The van der Waals surface area contributed by atoms with Gasteiger partial charge in [0.05, 0.1) is 11.0 Å². The molecule has 1 aromatic rings. The van der Waals surface area contributed by atoms with Crippen molar-refractivity contribution < 1.29 is 18.3 Å². The second-order valence-electron chi connectivity index (χ2n) is 4.04. The third-order valence-electron chi connectivity index (χ3n) is 2.85. The molecule has 5 nitrogen and oxygen atoms in total. The second-order valence-corrected chi connectivity index (χ2v) is 6.36. The van der Waals surface area contributed by atoms with E-state index in [-0.39, 0.29) is 15.5 Å². The van der Waals surface area contributed by atoms with Crippen LogP contribution in [0.5, 0.6) is 0 Å². The highest BCUT2D eigenvalue weighted by Crippen LogP contribution is 2.27. The molecule has 18 heavy (non-hydrogen) atoms. The van der Waals surface area contributed by atoms with Crippen molar-refractivity contribution in [3.05, 3.63) is 28.8 Å². The minimum atomic E-state index is -3.72. The van der Waals surface area contributed by atoms with Gasteiger partial charge >= 0.3 is 0 Å². The van der Waals surface area contributed by atoms with E-state index in [4.69, 9.17) is 11.6 Å². The molecule has 1 aliphatic heterocycles.